The highest BCUT2D eigenvalue weighted by molar-refractivity contribution is 4.78. The van der Waals surface area contributed by atoms with Gasteiger partial charge in [0.25, 0.3) is 0 Å². The van der Waals surface area contributed by atoms with Gasteiger partial charge in [-0.3, -0.25) is 0 Å². The molecule has 0 radical (unpaired) electrons. The van der Waals surface area contributed by atoms with Crippen molar-refractivity contribution in [3.8, 4) is 0 Å². The summed E-state index contributed by atoms with van der Waals surface area (Å²) in [6.07, 6.45) is 7.23. The molecule has 0 heterocycles. The van der Waals surface area contributed by atoms with E-state index in [0.29, 0.717) is 12.7 Å². The summed E-state index contributed by atoms with van der Waals surface area (Å²) >= 11 is 0. The van der Waals surface area contributed by atoms with Crippen LogP contribution < -0.4 is 5.32 Å². The summed E-state index contributed by atoms with van der Waals surface area (Å²) in [5, 5.41) is 3.49. The van der Waals surface area contributed by atoms with Gasteiger partial charge in [0.05, 0.1) is 12.7 Å². The average Bonchev–Trinajstić information content (AvgIpc) is 2.17. The van der Waals surface area contributed by atoms with Gasteiger partial charge in [-0.1, -0.05) is 13.0 Å². The van der Waals surface area contributed by atoms with E-state index in [9.17, 15) is 0 Å². The number of hydrogen-bond acceptors (Lipinski definition) is 2. The largest absolute Gasteiger partial charge is 0.374 e. The van der Waals surface area contributed by atoms with Crippen molar-refractivity contribution in [2.24, 2.45) is 0 Å². The van der Waals surface area contributed by atoms with E-state index >= 15 is 0 Å². The Morgan fingerprint density at radius 1 is 1.38 bits per heavy atom. The Morgan fingerprint density at radius 3 is 2.62 bits per heavy atom. The van der Waals surface area contributed by atoms with Gasteiger partial charge in [0, 0.05) is 6.04 Å². The molecule has 0 unspecified atom stereocenters. The van der Waals surface area contributed by atoms with Gasteiger partial charge in [0.2, 0.25) is 0 Å². The first-order chi connectivity index (χ1) is 6.36. The summed E-state index contributed by atoms with van der Waals surface area (Å²) in [6.45, 7) is 7.61. The van der Waals surface area contributed by atoms with E-state index in [1.54, 1.807) is 0 Å². The molecule has 0 amide bonds. The van der Waals surface area contributed by atoms with Crippen LogP contribution >= 0.6 is 0 Å². The van der Waals surface area contributed by atoms with E-state index in [0.717, 1.165) is 12.6 Å². The summed E-state index contributed by atoms with van der Waals surface area (Å²) in [5.74, 6) is 0. The Morgan fingerprint density at radius 2 is 2.08 bits per heavy atom. The van der Waals surface area contributed by atoms with Crippen LogP contribution in [0.15, 0.2) is 12.7 Å². The topological polar surface area (TPSA) is 21.3 Å². The van der Waals surface area contributed by atoms with E-state index in [2.05, 4.69) is 18.8 Å². The molecule has 0 saturated heterocycles. The minimum Gasteiger partial charge on any atom is -0.374 e. The van der Waals surface area contributed by atoms with E-state index in [1.165, 1.54) is 25.7 Å². The van der Waals surface area contributed by atoms with Crippen LogP contribution in [0.5, 0.6) is 0 Å². The van der Waals surface area contributed by atoms with Gasteiger partial charge in [-0.25, -0.2) is 0 Å². The lowest BCUT2D eigenvalue weighted by Gasteiger charge is -2.28. The molecule has 1 rings (SSSR count). The van der Waals surface area contributed by atoms with E-state index in [-0.39, 0.29) is 0 Å². The SMILES string of the molecule is C=CCO[C@H]1CC[C@H](NCC)CC1. The summed E-state index contributed by atoms with van der Waals surface area (Å²) in [5.41, 5.74) is 0. The minimum absolute atomic E-state index is 0.480. The van der Waals surface area contributed by atoms with Crippen LogP contribution in [-0.2, 0) is 4.74 Å². The maximum absolute atomic E-state index is 5.61. The molecule has 2 nitrogen and oxygen atoms in total. The third-order valence-electron chi connectivity index (χ3n) is 2.62. The molecule has 1 saturated carbocycles. The van der Waals surface area contributed by atoms with Crippen LogP contribution in [0.4, 0.5) is 0 Å². The third kappa shape index (κ3) is 3.92. The zero-order valence-corrected chi connectivity index (χ0v) is 8.59. The molecule has 76 valence electrons. The van der Waals surface area contributed by atoms with Crippen molar-refractivity contribution in [3.05, 3.63) is 12.7 Å². The highest BCUT2D eigenvalue weighted by Gasteiger charge is 2.20. The van der Waals surface area contributed by atoms with Crippen molar-refractivity contribution in [2.75, 3.05) is 13.2 Å². The molecular weight excluding hydrogens is 162 g/mol. The number of rotatable bonds is 5. The van der Waals surface area contributed by atoms with Crippen LogP contribution in [-0.4, -0.2) is 25.3 Å². The molecule has 0 atom stereocenters. The predicted molar refractivity (Wildman–Crippen MR) is 55.9 cm³/mol. The molecule has 0 aliphatic heterocycles. The second-order valence-corrected chi connectivity index (χ2v) is 3.65. The standard InChI is InChI=1S/C11H21NO/c1-3-9-13-11-7-5-10(6-8-11)12-4-2/h3,10-12H,1,4-9H2,2H3/t10-,11-. The first-order valence-corrected chi connectivity index (χ1v) is 5.32. The summed E-state index contributed by atoms with van der Waals surface area (Å²) in [7, 11) is 0. The molecule has 1 N–H and O–H groups in total. The number of nitrogens with one attached hydrogen (secondary N) is 1. The predicted octanol–water partition coefficient (Wildman–Crippen LogP) is 2.11. The van der Waals surface area contributed by atoms with Gasteiger partial charge in [-0.05, 0) is 32.2 Å². The Balaban J connectivity index is 2.11. The lowest BCUT2D eigenvalue weighted by Crippen LogP contribution is -2.35. The monoisotopic (exact) mass is 183 g/mol. The second-order valence-electron chi connectivity index (χ2n) is 3.65. The van der Waals surface area contributed by atoms with Crippen molar-refractivity contribution >= 4 is 0 Å². The molecule has 1 fully saturated rings. The van der Waals surface area contributed by atoms with Crippen molar-refractivity contribution in [3.63, 3.8) is 0 Å². The molecule has 0 aromatic heterocycles. The van der Waals surface area contributed by atoms with Crippen molar-refractivity contribution in [1.29, 1.82) is 0 Å². The zero-order chi connectivity index (χ0) is 9.52. The van der Waals surface area contributed by atoms with Gasteiger partial charge in [0.1, 0.15) is 0 Å². The molecule has 0 aromatic rings. The Hall–Kier alpha value is -0.340. The Labute approximate surface area is 81.4 Å². The zero-order valence-electron chi connectivity index (χ0n) is 8.59. The second kappa shape index (κ2) is 6.17. The Bertz CT molecular complexity index is 139. The molecule has 0 bridgehead atoms. The Kier molecular flexibility index (Phi) is 5.09. The molecule has 13 heavy (non-hydrogen) atoms. The fourth-order valence-electron chi connectivity index (χ4n) is 1.93. The van der Waals surface area contributed by atoms with Crippen LogP contribution in [0, 0.1) is 0 Å². The van der Waals surface area contributed by atoms with Crippen LogP contribution in [0.25, 0.3) is 0 Å². The third-order valence-corrected chi connectivity index (χ3v) is 2.62. The highest BCUT2D eigenvalue weighted by Crippen LogP contribution is 2.20. The maximum Gasteiger partial charge on any atom is 0.0648 e. The summed E-state index contributed by atoms with van der Waals surface area (Å²) in [6, 6.07) is 0.730. The fourth-order valence-corrected chi connectivity index (χ4v) is 1.93. The van der Waals surface area contributed by atoms with Gasteiger partial charge in [-0.15, -0.1) is 6.58 Å². The number of ether oxygens (including phenoxy) is 1. The van der Waals surface area contributed by atoms with Crippen molar-refractivity contribution in [2.45, 2.75) is 44.8 Å². The van der Waals surface area contributed by atoms with Crippen molar-refractivity contribution < 1.29 is 4.74 Å². The van der Waals surface area contributed by atoms with E-state index < -0.39 is 0 Å². The van der Waals surface area contributed by atoms with E-state index in [1.807, 2.05) is 6.08 Å². The maximum atomic E-state index is 5.61. The van der Waals surface area contributed by atoms with E-state index in [4.69, 9.17) is 4.74 Å². The smallest absolute Gasteiger partial charge is 0.0648 e. The van der Waals surface area contributed by atoms with Crippen LogP contribution in [0.1, 0.15) is 32.6 Å². The first kappa shape index (κ1) is 10.7. The first-order valence-electron chi connectivity index (χ1n) is 5.32. The number of hydrogen-bond donors (Lipinski definition) is 1. The normalized spacial score (nSPS) is 28.7. The lowest BCUT2D eigenvalue weighted by molar-refractivity contribution is 0.0399. The fraction of sp³-hybridized carbons (Fsp3) is 0.818. The van der Waals surface area contributed by atoms with Gasteiger partial charge in [-0.2, -0.15) is 0 Å². The molecular formula is C11H21NO. The summed E-state index contributed by atoms with van der Waals surface area (Å²) in [4.78, 5) is 0. The quantitative estimate of drug-likeness (QED) is 0.659. The molecule has 2 heteroatoms. The van der Waals surface area contributed by atoms with Crippen LogP contribution in [0.2, 0.25) is 0 Å². The molecule has 1 aliphatic rings. The van der Waals surface area contributed by atoms with Crippen molar-refractivity contribution in [1.82, 2.24) is 5.32 Å². The summed E-state index contributed by atoms with van der Waals surface area (Å²) < 4.78 is 5.61. The van der Waals surface area contributed by atoms with Gasteiger partial charge < -0.3 is 10.1 Å². The minimum atomic E-state index is 0.480. The highest BCUT2D eigenvalue weighted by atomic mass is 16.5. The molecule has 0 spiro atoms. The lowest BCUT2D eigenvalue weighted by atomic mass is 9.93. The molecule has 1 aliphatic carbocycles. The van der Waals surface area contributed by atoms with Gasteiger partial charge in [0.15, 0.2) is 0 Å². The average molecular weight is 183 g/mol. The molecule has 0 aromatic carbocycles. The van der Waals surface area contributed by atoms with Gasteiger partial charge >= 0.3 is 0 Å². The van der Waals surface area contributed by atoms with Crippen LogP contribution in [0.3, 0.4) is 0 Å².